The molecule has 0 amide bonds. The minimum Gasteiger partial charge on any atom is -0.486 e. The summed E-state index contributed by atoms with van der Waals surface area (Å²) >= 11 is 9.26. The summed E-state index contributed by atoms with van der Waals surface area (Å²) in [4.78, 5) is 0. The second kappa shape index (κ2) is 5.73. The second-order valence-electron chi connectivity index (χ2n) is 4.81. The Morgan fingerprint density at radius 3 is 2.95 bits per heavy atom. The van der Waals surface area contributed by atoms with E-state index in [-0.39, 0.29) is 11.9 Å². The first-order valence-electron chi connectivity index (χ1n) is 6.35. The van der Waals surface area contributed by atoms with E-state index < -0.39 is 0 Å². The maximum atomic E-state index is 13.2. The number of ether oxygens (including phenoxy) is 2. The van der Waals surface area contributed by atoms with Crippen LogP contribution in [0.3, 0.4) is 0 Å². The fourth-order valence-electron chi connectivity index (χ4n) is 2.29. The van der Waals surface area contributed by atoms with Gasteiger partial charge in [-0.1, -0.05) is 11.6 Å². The maximum Gasteiger partial charge on any atom is 0.156 e. The Balaban J connectivity index is 1.68. The van der Waals surface area contributed by atoms with Crippen molar-refractivity contribution in [2.75, 3.05) is 12.3 Å². The van der Waals surface area contributed by atoms with Gasteiger partial charge in [0.25, 0.3) is 0 Å². The second-order valence-corrected chi connectivity index (χ2v) is 6.10. The number of fused-ring (bicyclic) bond motifs is 1. The van der Waals surface area contributed by atoms with Crippen LogP contribution < -0.4 is 15.2 Å². The largest absolute Gasteiger partial charge is 0.486 e. The zero-order valence-corrected chi connectivity index (χ0v) is 13.2. The van der Waals surface area contributed by atoms with Crippen LogP contribution in [0.1, 0.15) is 5.56 Å². The molecule has 3 nitrogen and oxygen atoms in total. The van der Waals surface area contributed by atoms with E-state index in [0.29, 0.717) is 39.7 Å². The lowest BCUT2D eigenvalue weighted by atomic mass is 10.1. The molecule has 110 valence electrons. The molecule has 1 aliphatic rings. The Bertz CT molecular complexity index is 672. The molecule has 0 saturated carbocycles. The van der Waals surface area contributed by atoms with Crippen molar-refractivity contribution < 1.29 is 13.9 Å². The van der Waals surface area contributed by atoms with Crippen LogP contribution in [0.25, 0.3) is 0 Å². The van der Waals surface area contributed by atoms with E-state index in [1.807, 2.05) is 0 Å². The van der Waals surface area contributed by atoms with Crippen LogP contribution in [0, 0.1) is 5.82 Å². The van der Waals surface area contributed by atoms with Gasteiger partial charge in [0.15, 0.2) is 5.75 Å². The molecule has 0 aliphatic carbocycles. The highest BCUT2D eigenvalue weighted by Crippen LogP contribution is 2.35. The van der Waals surface area contributed by atoms with E-state index in [1.54, 1.807) is 18.2 Å². The summed E-state index contributed by atoms with van der Waals surface area (Å²) in [5.41, 5.74) is 7.19. The van der Waals surface area contributed by atoms with Gasteiger partial charge in [-0.15, -0.1) is 0 Å². The van der Waals surface area contributed by atoms with E-state index in [9.17, 15) is 4.39 Å². The van der Waals surface area contributed by atoms with Gasteiger partial charge in [0, 0.05) is 17.0 Å². The molecule has 1 atom stereocenters. The topological polar surface area (TPSA) is 44.5 Å². The molecule has 6 heteroatoms. The van der Waals surface area contributed by atoms with Crippen molar-refractivity contribution in [3.63, 3.8) is 0 Å². The molecule has 3 rings (SSSR count). The zero-order valence-electron chi connectivity index (χ0n) is 10.9. The molecule has 1 heterocycles. The summed E-state index contributed by atoms with van der Waals surface area (Å²) in [6.45, 7) is 0.320. The third-order valence-electron chi connectivity index (χ3n) is 3.21. The van der Waals surface area contributed by atoms with Gasteiger partial charge in [0.2, 0.25) is 0 Å². The number of hydrogen-bond acceptors (Lipinski definition) is 3. The van der Waals surface area contributed by atoms with Crippen molar-refractivity contribution >= 4 is 33.2 Å². The first kappa shape index (κ1) is 14.5. The minimum atomic E-state index is -0.261. The Labute approximate surface area is 134 Å². The molecule has 0 spiro atoms. The van der Waals surface area contributed by atoms with Crippen LogP contribution in [0.15, 0.2) is 34.8 Å². The van der Waals surface area contributed by atoms with Crippen molar-refractivity contribution in [3.8, 4) is 11.5 Å². The quantitative estimate of drug-likeness (QED) is 0.821. The zero-order chi connectivity index (χ0) is 15.0. The molecule has 1 aliphatic heterocycles. The smallest absolute Gasteiger partial charge is 0.156 e. The molecule has 2 N–H and O–H groups in total. The lowest BCUT2D eigenvalue weighted by Crippen LogP contribution is -2.22. The molecule has 0 fully saturated rings. The maximum absolute atomic E-state index is 13.2. The van der Waals surface area contributed by atoms with Crippen molar-refractivity contribution in [3.05, 3.63) is 51.2 Å². The third-order valence-corrected chi connectivity index (χ3v) is 4.02. The summed E-state index contributed by atoms with van der Waals surface area (Å²) in [6, 6.07) is 7.85. The van der Waals surface area contributed by atoms with Crippen LogP contribution in [-0.2, 0) is 6.42 Å². The molecule has 1 unspecified atom stereocenters. The molecule has 0 bridgehead atoms. The number of rotatable bonds is 3. The van der Waals surface area contributed by atoms with E-state index in [0.717, 1.165) is 5.56 Å². The normalized spacial score (nSPS) is 16.4. The number of hydrogen-bond donors (Lipinski definition) is 1. The number of halogens is 3. The van der Waals surface area contributed by atoms with Gasteiger partial charge < -0.3 is 15.2 Å². The SMILES string of the molecule is Nc1cc(Cl)cc(Br)c1OCC1Cc2cc(F)ccc2O1. The highest BCUT2D eigenvalue weighted by atomic mass is 79.9. The number of nitrogen functional groups attached to an aromatic ring is 1. The van der Waals surface area contributed by atoms with Crippen LogP contribution in [-0.4, -0.2) is 12.7 Å². The Morgan fingerprint density at radius 2 is 2.19 bits per heavy atom. The Morgan fingerprint density at radius 1 is 1.38 bits per heavy atom. The molecule has 2 aromatic carbocycles. The molecular weight excluding hydrogens is 361 g/mol. The van der Waals surface area contributed by atoms with Gasteiger partial charge in [-0.05, 0) is 46.3 Å². The van der Waals surface area contributed by atoms with E-state index in [2.05, 4.69) is 15.9 Å². The predicted octanol–water partition coefficient (Wildman–Crippen LogP) is 4.21. The van der Waals surface area contributed by atoms with Crippen molar-refractivity contribution in [2.45, 2.75) is 12.5 Å². The van der Waals surface area contributed by atoms with Crippen molar-refractivity contribution in [1.29, 1.82) is 0 Å². The van der Waals surface area contributed by atoms with Crippen LogP contribution in [0.4, 0.5) is 10.1 Å². The molecule has 2 aromatic rings. The summed E-state index contributed by atoms with van der Waals surface area (Å²) in [6.07, 6.45) is 0.446. The van der Waals surface area contributed by atoms with Gasteiger partial charge in [-0.2, -0.15) is 0 Å². The van der Waals surface area contributed by atoms with E-state index in [4.69, 9.17) is 26.8 Å². The fourth-order valence-corrected chi connectivity index (χ4v) is 3.24. The highest BCUT2D eigenvalue weighted by Gasteiger charge is 2.24. The van der Waals surface area contributed by atoms with Crippen LogP contribution >= 0.6 is 27.5 Å². The number of nitrogens with two attached hydrogens (primary N) is 1. The monoisotopic (exact) mass is 371 g/mol. The number of anilines is 1. The Kier molecular flexibility index (Phi) is 3.95. The molecule has 21 heavy (non-hydrogen) atoms. The highest BCUT2D eigenvalue weighted by molar-refractivity contribution is 9.10. The van der Waals surface area contributed by atoms with Gasteiger partial charge >= 0.3 is 0 Å². The van der Waals surface area contributed by atoms with E-state index in [1.165, 1.54) is 12.1 Å². The standard InChI is InChI=1S/C15H12BrClFNO2/c16-12-5-9(17)6-13(19)15(12)20-7-11-4-8-3-10(18)1-2-14(8)21-11/h1-3,5-6,11H,4,7,19H2. The first-order valence-corrected chi connectivity index (χ1v) is 7.52. The third kappa shape index (κ3) is 3.09. The first-order chi connectivity index (χ1) is 10.0. The Hall–Kier alpha value is -1.46. The molecule has 0 aromatic heterocycles. The van der Waals surface area contributed by atoms with Gasteiger partial charge in [-0.25, -0.2) is 4.39 Å². The predicted molar refractivity (Wildman–Crippen MR) is 83.6 cm³/mol. The summed E-state index contributed by atoms with van der Waals surface area (Å²) in [5.74, 6) is 0.974. The lowest BCUT2D eigenvalue weighted by molar-refractivity contribution is 0.148. The molecule has 0 saturated heterocycles. The average molecular weight is 373 g/mol. The molecule has 0 radical (unpaired) electrons. The van der Waals surface area contributed by atoms with E-state index >= 15 is 0 Å². The summed E-state index contributed by atoms with van der Waals surface area (Å²) in [7, 11) is 0. The molecular formula is C15H12BrClFNO2. The van der Waals surface area contributed by atoms with Crippen LogP contribution in [0.5, 0.6) is 11.5 Å². The van der Waals surface area contributed by atoms with Gasteiger partial charge in [0.1, 0.15) is 24.3 Å². The minimum absolute atomic E-state index is 0.163. The van der Waals surface area contributed by atoms with Crippen molar-refractivity contribution in [1.82, 2.24) is 0 Å². The average Bonchev–Trinajstić information content (AvgIpc) is 2.79. The summed E-state index contributed by atoms with van der Waals surface area (Å²) < 4.78 is 25.3. The van der Waals surface area contributed by atoms with Gasteiger partial charge in [0.05, 0.1) is 10.2 Å². The summed E-state index contributed by atoms with van der Waals surface area (Å²) in [5, 5.41) is 0.534. The van der Waals surface area contributed by atoms with Gasteiger partial charge in [-0.3, -0.25) is 0 Å². The lowest BCUT2D eigenvalue weighted by Gasteiger charge is -2.15. The fraction of sp³-hybridized carbons (Fsp3) is 0.200. The number of benzene rings is 2. The van der Waals surface area contributed by atoms with Crippen LogP contribution in [0.2, 0.25) is 5.02 Å². The van der Waals surface area contributed by atoms with Crippen molar-refractivity contribution in [2.24, 2.45) is 0 Å².